The second-order valence-electron chi connectivity index (χ2n) is 16.0. The van der Waals surface area contributed by atoms with E-state index in [-0.39, 0.29) is 63.7 Å². The number of ether oxygens (including phenoxy) is 6. The lowest BCUT2D eigenvalue weighted by Crippen LogP contribution is -2.22. The monoisotopic (exact) mass is 946 g/mol. The van der Waals surface area contributed by atoms with Gasteiger partial charge in [-0.3, -0.25) is 9.52 Å². The van der Waals surface area contributed by atoms with Crippen LogP contribution >= 0.6 is 11.6 Å². The van der Waals surface area contributed by atoms with Crippen LogP contribution in [0.3, 0.4) is 0 Å². The Morgan fingerprint density at radius 2 is 1.00 bits per heavy atom. The van der Waals surface area contributed by atoms with E-state index in [4.69, 9.17) is 40.0 Å². The van der Waals surface area contributed by atoms with E-state index in [2.05, 4.69) is 23.9 Å². The van der Waals surface area contributed by atoms with E-state index in [0.29, 0.717) is 12.8 Å². The van der Waals surface area contributed by atoms with Crippen LogP contribution in [-0.4, -0.2) is 73.0 Å². The van der Waals surface area contributed by atoms with Crippen molar-refractivity contribution in [3.8, 4) is 28.7 Å². The third-order valence-corrected chi connectivity index (χ3v) is 12.7. The van der Waals surface area contributed by atoms with Crippen LogP contribution in [0.15, 0.2) is 41.3 Å². The predicted molar refractivity (Wildman–Crippen MR) is 255 cm³/mol. The van der Waals surface area contributed by atoms with E-state index in [0.717, 1.165) is 50.7 Å². The molecule has 0 heterocycles. The van der Waals surface area contributed by atoms with Gasteiger partial charge in [-0.15, -0.1) is 0 Å². The van der Waals surface area contributed by atoms with E-state index in [1.165, 1.54) is 130 Å². The molecular weight excluding hydrogens is 876 g/mol. The Bertz CT molecular complexity index is 2020. The summed E-state index contributed by atoms with van der Waals surface area (Å²) < 4.78 is 63.7. The summed E-state index contributed by atoms with van der Waals surface area (Å²) in [6.45, 7) is 4.75. The van der Waals surface area contributed by atoms with Crippen molar-refractivity contribution in [1.82, 2.24) is 0 Å². The van der Waals surface area contributed by atoms with Gasteiger partial charge >= 0.3 is 11.9 Å². The number of sulfonamides is 1. The summed E-state index contributed by atoms with van der Waals surface area (Å²) in [5.74, 6) is -3.46. The summed E-state index contributed by atoms with van der Waals surface area (Å²) in [7, 11) is 0.280. The van der Waals surface area contributed by atoms with Crippen molar-refractivity contribution in [2.45, 2.75) is 147 Å². The number of phenolic OH excluding ortho intramolecular Hbond substituents is 1. The van der Waals surface area contributed by atoms with Gasteiger partial charge in [-0.05, 0) is 43.2 Å². The fourth-order valence-electron chi connectivity index (χ4n) is 7.37. The molecule has 0 unspecified atom stereocenters. The Morgan fingerprint density at radius 1 is 0.554 bits per heavy atom. The number of amides is 1. The smallest absolute Gasteiger partial charge is 0.338 e. The van der Waals surface area contributed by atoms with Crippen LogP contribution < -0.4 is 29.0 Å². The number of carbonyl (C=O) groups is 3. The third kappa shape index (κ3) is 17.8. The van der Waals surface area contributed by atoms with Gasteiger partial charge in [0.05, 0.1) is 69.1 Å². The van der Waals surface area contributed by atoms with Gasteiger partial charge in [0.25, 0.3) is 15.9 Å². The largest absolute Gasteiger partial charge is 0.503 e. The molecule has 0 aliphatic rings. The minimum absolute atomic E-state index is 0.0154. The number of anilines is 2. The van der Waals surface area contributed by atoms with Crippen molar-refractivity contribution < 1.29 is 56.3 Å². The lowest BCUT2D eigenvalue weighted by molar-refractivity contribution is 0.0495. The summed E-state index contributed by atoms with van der Waals surface area (Å²) in [6, 6.07) is 7.54. The molecular formula is C49H71ClN2O12S. The highest BCUT2D eigenvalue weighted by atomic mass is 35.5. The lowest BCUT2D eigenvalue weighted by Gasteiger charge is -2.20. The number of rotatable bonds is 33. The molecule has 3 aromatic carbocycles. The van der Waals surface area contributed by atoms with Crippen LogP contribution in [0.1, 0.15) is 173 Å². The summed E-state index contributed by atoms with van der Waals surface area (Å²) in [6.07, 6.45) is 22.3. The van der Waals surface area contributed by atoms with E-state index in [1.807, 2.05) is 0 Å². The molecule has 0 aromatic heterocycles. The van der Waals surface area contributed by atoms with Gasteiger partial charge in [-0.1, -0.05) is 141 Å². The van der Waals surface area contributed by atoms with Gasteiger partial charge in [-0.2, -0.15) is 0 Å². The van der Waals surface area contributed by atoms with Gasteiger partial charge in [0.1, 0.15) is 4.90 Å². The van der Waals surface area contributed by atoms with Gasteiger partial charge < -0.3 is 38.8 Å². The molecule has 0 fully saturated rings. The first-order chi connectivity index (χ1) is 31.3. The Morgan fingerprint density at radius 3 is 1.43 bits per heavy atom. The number of hydrogen-bond acceptors (Lipinski definition) is 12. The number of halogens is 1. The van der Waals surface area contributed by atoms with Crippen molar-refractivity contribution >= 4 is 50.8 Å². The minimum atomic E-state index is -4.75. The van der Waals surface area contributed by atoms with E-state index in [9.17, 15) is 27.9 Å². The van der Waals surface area contributed by atoms with Crippen LogP contribution in [0, 0.1) is 0 Å². The molecule has 3 aromatic rings. The second kappa shape index (κ2) is 29.6. The quantitative estimate of drug-likeness (QED) is 0.0299. The first-order valence-corrected chi connectivity index (χ1v) is 24.9. The zero-order valence-corrected chi connectivity index (χ0v) is 40.8. The number of phenols is 1. The topological polar surface area (TPSA) is 185 Å². The number of benzene rings is 3. The molecule has 0 atom stereocenters. The SMILES string of the molecule is CCCCCCCCCCCCOC(=O)c1cc(NC(=O)c2cc(OC)c(OC)c(OC)c2S(=O)(=O)Nc2cc(Cl)c(O)c(OC)c2)cc(C(=O)OCCCCCCCCCCCC)c1. The number of methoxy groups -OCH3 is 4. The molecule has 0 aliphatic heterocycles. The number of nitrogens with one attached hydrogen (secondary N) is 2. The summed E-state index contributed by atoms with van der Waals surface area (Å²) in [4.78, 5) is 40.6. The van der Waals surface area contributed by atoms with Crippen molar-refractivity contribution in [2.75, 3.05) is 51.7 Å². The fraction of sp³-hybridized carbons (Fsp3) is 0.571. The summed E-state index contributed by atoms with van der Waals surface area (Å²) >= 11 is 6.15. The maximum atomic E-state index is 14.3. The Balaban J connectivity index is 1.88. The normalized spacial score (nSPS) is 11.2. The molecule has 0 radical (unpaired) electrons. The van der Waals surface area contributed by atoms with E-state index < -0.39 is 44.1 Å². The van der Waals surface area contributed by atoms with E-state index >= 15 is 0 Å². The number of hydrogen-bond donors (Lipinski definition) is 3. The van der Waals surface area contributed by atoms with Gasteiger partial charge in [0.2, 0.25) is 5.75 Å². The molecule has 0 saturated heterocycles. The summed E-state index contributed by atoms with van der Waals surface area (Å²) in [5, 5.41) is 12.7. The van der Waals surface area contributed by atoms with Gasteiger partial charge in [0.15, 0.2) is 23.0 Å². The van der Waals surface area contributed by atoms with Crippen LogP contribution in [0.4, 0.5) is 11.4 Å². The highest BCUT2D eigenvalue weighted by molar-refractivity contribution is 7.93. The maximum absolute atomic E-state index is 14.3. The molecule has 0 aliphatic carbocycles. The van der Waals surface area contributed by atoms with Crippen LogP contribution in [-0.2, 0) is 19.5 Å². The molecule has 0 bridgehead atoms. The molecule has 0 spiro atoms. The minimum Gasteiger partial charge on any atom is -0.503 e. The molecule has 3 N–H and O–H groups in total. The first kappa shape index (κ1) is 54.4. The number of aromatic hydroxyl groups is 1. The Labute approximate surface area is 391 Å². The predicted octanol–water partition coefficient (Wildman–Crippen LogP) is 12.3. The molecule has 0 saturated carbocycles. The summed E-state index contributed by atoms with van der Waals surface area (Å²) in [5.41, 5.74) is -0.619. The average molecular weight is 948 g/mol. The fourth-order valence-corrected chi connectivity index (χ4v) is 8.97. The molecule has 65 heavy (non-hydrogen) atoms. The Hall–Kier alpha value is -4.89. The zero-order chi connectivity index (χ0) is 47.6. The number of esters is 2. The van der Waals surface area contributed by atoms with Gasteiger partial charge in [0, 0.05) is 11.8 Å². The van der Waals surface area contributed by atoms with E-state index in [1.54, 1.807) is 0 Å². The highest BCUT2D eigenvalue weighted by Crippen LogP contribution is 2.45. The molecule has 3 rings (SSSR count). The highest BCUT2D eigenvalue weighted by Gasteiger charge is 2.33. The van der Waals surface area contributed by atoms with Gasteiger partial charge in [-0.25, -0.2) is 18.0 Å². The first-order valence-electron chi connectivity index (χ1n) is 23.1. The van der Waals surface area contributed by atoms with Crippen LogP contribution in [0.25, 0.3) is 0 Å². The number of carbonyl (C=O) groups excluding carboxylic acids is 3. The molecule has 362 valence electrons. The second-order valence-corrected chi connectivity index (χ2v) is 18.1. The lowest BCUT2D eigenvalue weighted by atomic mass is 10.1. The molecule has 1 amide bonds. The van der Waals surface area contributed by atoms with Crippen molar-refractivity contribution in [3.05, 3.63) is 58.1 Å². The van der Waals surface area contributed by atoms with Crippen molar-refractivity contribution in [3.63, 3.8) is 0 Å². The zero-order valence-electron chi connectivity index (χ0n) is 39.2. The maximum Gasteiger partial charge on any atom is 0.338 e. The van der Waals surface area contributed by atoms with Crippen LogP contribution in [0.5, 0.6) is 28.7 Å². The van der Waals surface area contributed by atoms with Crippen molar-refractivity contribution in [1.29, 1.82) is 0 Å². The molecule has 14 nitrogen and oxygen atoms in total. The van der Waals surface area contributed by atoms with Crippen LogP contribution in [0.2, 0.25) is 5.02 Å². The standard InChI is InChI=1S/C49H71ClN2O12S/c1-7-9-11-13-15-17-19-21-23-25-27-63-48(55)35-29-36(49(56)64-28-26-24-22-20-18-16-14-12-10-8-2)31-37(30-35)51-47(54)39-34-42(60-4)44(61-5)45(62-6)46(39)65(57,58)52-38-32-40(50)43(53)41(33-38)59-3/h29-34,52-53H,7-28H2,1-6H3,(H,51,54). The van der Waals surface area contributed by atoms with Crippen molar-refractivity contribution in [2.24, 2.45) is 0 Å². The Kier molecular flexibility index (Phi) is 24.8. The number of unbranched alkanes of at least 4 members (excludes halogenated alkanes) is 18. The molecule has 16 heteroatoms. The third-order valence-electron chi connectivity index (χ3n) is 10.9. The average Bonchev–Trinajstić information content (AvgIpc) is 3.29.